The number of pyridine rings is 1. The number of hydrogen-bond donors (Lipinski definition) is 3. The topological polar surface area (TPSA) is 108 Å². The van der Waals surface area contributed by atoms with Crippen molar-refractivity contribution in [2.45, 2.75) is 25.4 Å². The van der Waals surface area contributed by atoms with E-state index in [1.165, 1.54) is 5.56 Å². The molecule has 0 radical (unpaired) electrons. The summed E-state index contributed by atoms with van der Waals surface area (Å²) in [7, 11) is 0. The Labute approximate surface area is 216 Å². The van der Waals surface area contributed by atoms with Crippen LogP contribution in [0, 0.1) is 0 Å². The smallest absolute Gasteiger partial charge is 0.239 e. The average Bonchev–Trinajstić information content (AvgIpc) is 3.34. The maximum absolute atomic E-state index is 13.0. The number of carbonyl (C=O) groups excluding carboxylic acids is 1. The van der Waals surface area contributed by atoms with Gasteiger partial charge in [0.05, 0.1) is 11.4 Å². The first-order chi connectivity index (χ1) is 18.1. The number of nitrogens with zero attached hydrogens (tertiary/aromatic N) is 3. The molecule has 2 aromatic carbocycles. The van der Waals surface area contributed by atoms with Crippen LogP contribution >= 0.6 is 0 Å². The van der Waals surface area contributed by atoms with E-state index in [4.69, 9.17) is 10.5 Å². The summed E-state index contributed by atoms with van der Waals surface area (Å²) < 4.78 is 6.14. The Morgan fingerprint density at radius 3 is 2.51 bits per heavy atom. The number of aliphatic hydroxyl groups is 1. The van der Waals surface area contributed by atoms with E-state index in [0.29, 0.717) is 37.4 Å². The number of ether oxygens (including phenoxy) is 1. The zero-order chi connectivity index (χ0) is 25.6. The van der Waals surface area contributed by atoms with Crippen molar-refractivity contribution in [1.82, 2.24) is 19.8 Å². The molecule has 0 bridgehead atoms. The molecule has 4 N–H and O–H groups in total. The van der Waals surface area contributed by atoms with Crippen molar-refractivity contribution in [2.75, 3.05) is 32.8 Å². The fraction of sp³-hybridized carbons (Fsp3) is 0.310. The van der Waals surface area contributed by atoms with Crippen molar-refractivity contribution in [2.24, 2.45) is 5.73 Å². The van der Waals surface area contributed by atoms with Crippen LogP contribution in [0.25, 0.3) is 11.0 Å². The van der Waals surface area contributed by atoms with Gasteiger partial charge in [0.1, 0.15) is 17.1 Å². The van der Waals surface area contributed by atoms with E-state index in [9.17, 15) is 9.90 Å². The Morgan fingerprint density at radius 2 is 1.78 bits per heavy atom. The zero-order valence-electron chi connectivity index (χ0n) is 20.8. The molecule has 2 aromatic heterocycles. The monoisotopic (exact) mass is 499 g/mol. The van der Waals surface area contributed by atoms with Gasteiger partial charge in [-0.1, -0.05) is 42.5 Å². The SMILES string of the molecule is NC(Cc1ccc(Oc2ccnc3[nH]cc(CCO)c23)cc1)C(=O)N1CCN(Cc2ccccc2)CC1. The molecule has 8 heteroatoms. The molecular weight excluding hydrogens is 466 g/mol. The maximum Gasteiger partial charge on any atom is 0.239 e. The normalized spacial score (nSPS) is 15.1. The highest BCUT2D eigenvalue weighted by molar-refractivity contribution is 5.86. The molecule has 5 rings (SSSR count). The maximum atomic E-state index is 13.0. The number of aromatic nitrogens is 2. The molecule has 8 nitrogen and oxygen atoms in total. The summed E-state index contributed by atoms with van der Waals surface area (Å²) in [5.74, 6) is 1.37. The van der Waals surface area contributed by atoms with Crippen molar-refractivity contribution in [3.63, 3.8) is 0 Å². The van der Waals surface area contributed by atoms with Gasteiger partial charge < -0.3 is 25.5 Å². The van der Waals surface area contributed by atoms with Gasteiger partial charge in [-0.2, -0.15) is 0 Å². The second-order valence-electron chi connectivity index (χ2n) is 9.46. The fourth-order valence-electron chi connectivity index (χ4n) is 4.86. The van der Waals surface area contributed by atoms with Gasteiger partial charge in [-0.3, -0.25) is 9.69 Å². The van der Waals surface area contributed by atoms with Gasteiger partial charge in [0.15, 0.2) is 0 Å². The molecule has 0 aliphatic carbocycles. The van der Waals surface area contributed by atoms with E-state index in [1.807, 2.05) is 47.5 Å². The minimum absolute atomic E-state index is 0.00253. The van der Waals surface area contributed by atoms with Crippen LogP contribution in [0.15, 0.2) is 73.1 Å². The number of amides is 1. The lowest BCUT2D eigenvalue weighted by Gasteiger charge is -2.36. The number of nitrogens with one attached hydrogen (secondary N) is 1. The van der Waals surface area contributed by atoms with Crippen LogP contribution in [0.2, 0.25) is 0 Å². The van der Waals surface area contributed by atoms with Crippen molar-refractivity contribution < 1.29 is 14.6 Å². The highest BCUT2D eigenvalue weighted by atomic mass is 16.5. The summed E-state index contributed by atoms with van der Waals surface area (Å²) in [6.07, 6.45) is 4.54. The van der Waals surface area contributed by atoms with E-state index in [-0.39, 0.29) is 12.5 Å². The van der Waals surface area contributed by atoms with Crippen molar-refractivity contribution in [1.29, 1.82) is 0 Å². The summed E-state index contributed by atoms with van der Waals surface area (Å²) in [6, 6.07) is 19.3. The quantitative estimate of drug-likeness (QED) is 0.327. The molecule has 0 saturated carbocycles. The molecule has 3 heterocycles. The Kier molecular flexibility index (Phi) is 7.79. The summed E-state index contributed by atoms with van der Waals surface area (Å²) in [5, 5.41) is 10.2. The summed E-state index contributed by atoms with van der Waals surface area (Å²) >= 11 is 0. The number of fused-ring (bicyclic) bond motifs is 1. The third-order valence-electron chi connectivity index (χ3n) is 6.86. The second kappa shape index (κ2) is 11.6. The van der Waals surface area contributed by atoms with Crippen molar-refractivity contribution >= 4 is 16.9 Å². The Bertz CT molecular complexity index is 1310. The molecule has 1 atom stereocenters. The second-order valence-corrected chi connectivity index (χ2v) is 9.46. The van der Waals surface area contributed by atoms with Crippen molar-refractivity contribution in [3.05, 3.63) is 89.7 Å². The van der Waals surface area contributed by atoms with Gasteiger partial charge in [0.2, 0.25) is 5.91 Å². The van der Waals surface area contributed by atoms with E-state index in [0.717, 1.165) is 41.8 Å². The van der Waals surface area contributed by atoms with Crippen LogP contribution in [0.3, 0.4) is 0 Å². The zero-order valence-corrected chi connectivity index (χ0v) is 20.8. The third kappa shape index (κ3) is 5.99. The summed E-state index contributed by atoms with van der Waals surface area (Å²) in [6.45, 7) is 4.05. The average molecular weight is 500 g/mol. The minimum atomic E-state index is -0.576. The lowest BCUT2D eigenvalue weighted by atomic mass is 10.0. The van der Waals surface area contributed by atoms with Crippen LogP contribution in [-0.2, 0) is 24.2 Å². The van der Waals surface area contributed by atoms with Crippen LogP contribution < -0.4 is 10.5 Å². The highest BCUT2D eigenvalue weighted by Crippen LogP contribution is 2.31. The predicted octanol–water partition coefficient (Wildman–Crippen LogP) is 3.10. The Hall–Kier alpha value is -3.72. The van der Waals surface area contributed by atoms with Gasteiger partial charge in [0.25, 0.3) is 0 Å². The van der Waals surface area contributed by atoms with Gasteiger partial charge in [0, 0.05) is 51.7 Å². The molecule has 1 unspecified atom stereocenters. The van der Waals surface area contributed by atoms with Crippen LogP contribution in [0.1, 0.15) is 16.7 Å². The molecule has 1 saturated heterocycles. The van der Waals surface area contributed by atoms with Gasteiger partial charge in [-0.15, -0.1) is 0 Å². The van der Waals surface area contributed by atoms with E-state index in [2.05, 4.69) is 39.1 Å². The number of benzene rings is 2. The van der Waals surface area contributed by atoms with Gasteiger partial charge in [-0.05, 0) is 47.7 Å². The summed E-state index contributed by atoms with van der Waals surface area (Å²) in [5.41, 5.74) is 10.3. The number of aromatic amines is 1. The van der Waals surface area contributed by atoms with E-state index < -0.39 is 6.04 Å². The first-order valence-electron chi connectivity index (χ1n) is 12.7. The highest BCUT2D eigenvalue weighted by Gasteiger charge is 2.25. The number of carbonyl (C=O) groups is 1. The molecular formula is C29H33N5O3. The largest absolute Gasteiger partial charge is 0.457 e. The molecule has 192 valence electrons. The first-order valence-corrected chi connectivity index (χ1v) is 12.7. The molecule has 1 aliphatic rings. The van der Waals surface area contributed by atoms with Gasteiger partial charge >= 0.3 is 0 Å². The van der Waals surface area contributed by atoms with Crippen LogP contribution in [-0.4, -0.2) is 69.6 Å². The number of hydrogen-bond acceptors (Lipinski definition) is 6. The lowest BCUT2D eigenvalue weighted by Crippen LogP contribution is -2.53. The molecule has 0 spiro atoms. The Balaban J connectivity index is 1.15. The predicted molar refractivity (Wildman–Crippen MR) is 143 cm³/mol. The van der Waals surface area contributed by atoms with Crippen molar-refractivity contribution in [3.8, 4) is 11.5 Å². The fourth-order valence-corrected chi connectivity index (χ4v) is 4.86. The number of H-pyrrole nitrogens is 1. The standard InChI is InChI=1S/C29H33N5O3/c30-25(29(36)34-15-13-33(14-16-34)20-22-4-2-1-3-5-22)18-21-6-8-24(9-7-21)37-26-10-12-31-28-27(26)23(11-17-35)19-32-28/h1-10,12,19,25,35H,11,13-18,20,30H2,(H,31,32). The summed E-state index contributed by atoms with van der Waals surface area (Å²) in [4.78, 5) is 24.7. The molecule has 1 aliphatic heterocycles. The lowest BCUT2D eigenvalue weighted by molar-refractivity contribution is -0.134. The minimum Gasteiger partial charge on any atom is -0.457 e. The van der Waals surface area contributed by atoms with E-state index >= 15 is 0 Å². The number of piperazine rings is 1. The van der Waals surface area contributed by atoms with Crippen LogP contribution in [0.5, 0.6) is 11.5 Å². The number of rotatable bonds is 9. The number of nitrogens with two attached hydrogens (primary N) is 1. The third-order valence-corrected chi connectivity index (χ3v) is 6.86. The van der Waals surface area contributed by atoms with Crippen LogP contribution in [0.4, 0.5) is 0 Å². The van der Waals surface area contributed by atoms with Gasteiger partial charge in [-0.25, -0.2) is 4.98 Å². The molecule has 1 amide bonds. The first kappa shape index (κ1) is 25.0. The molecule has 4 aromatic rings. The molecule has 37 heavy (non-hydrogen) atoms. The van der Waals surface area contributed by atoms with E-state index in [1.54, 1.807) is 6.20 Å². The number of aliphatic hydroxyl groups excluding tert-OH is 1. The Morgan fingerprint density at radius 1 is 1.03 bits per heavy atom. The molecule has 1 fully saturated rings.